The zero-order valence-electron chi connectivity index (χ0n) is 15.6. The fraction of sp³-hybridized carbons (Fsp3) is 0.400. The van der Waals surface area contributed by atoms with Crippen molar-refractivity contribution in [2.75, 3.05) is 6.54 Å². The van der Waals surface area contributed by atoms with Crippen LogP contribution in [0.25, 0.3) is 11.5 Å². The van der Waals surface area contributed by atoms with Gasteiger partial charge < -0.3 is 14.5 Å². The van der Waals surface area contributed by atoms with Gasteiger partial charge in [0.25, 0.3) is 5.91 Å². The molecule has 1 aromatic carbocycles. The second-order valence-electron chi connectivity index (χ2n) is 7.16. The quantitative estimate of drug-likeness (QED) is 0.629. The van der Waals surface area contributed by atoms with Crippen molar-refractivity contribution in [2.24, 2.45) is 0 Å². The van der Waals surface area contributed by atoms with Gasteiger partial charge in [0.1, 0.15) is 30.1 Å². The van der Waals surface area contributed by atoms with E-state index in [-0.39, 0.29) is 12.5 Å². The molecule has 1 saturated heterocycles. The topological polar surface area (TPSA) is 102 Å². The van der Waals surface area contributed by atoms with E-state index < -0.39 is 24.1 Å². The van der Waals surface area contributed by atoms with Crippen LogP contribution in [0, 0.1) is 6.92 Å². The van der Waals surface area contributed by atoms with Gasteiger partial charge in [0.05, 0.1) is 0 Å². The maximum atomic E-state index is 12.6. The average Bonchev–Trinajstić information content (AvgIpc) is 3.37. The average molecular weight is 383 g/mol. The maximum absolute atomic E-state index is 12.6. The zero-order valence-corrected chi connectivity index (χ0v) is 15.6. The van der Waals surface area contributed by atoms with E-state index in [4.69, 9.17) is 9.15 Å². The molecule has 1 spiro atoms. The van der Waals surface area contributed by atoms with Crippen molar-refractivity contribution >= 4 is 17.9 Å². The van der Waals surface area contributed by atoms with Crippen molar-refractivity contribution in [2.45, 2.75) is 44.8 Å². The molecule has 1 aliphatic heterocycles. The standard InChI is InChI=1S/C20H21N3O5/c1-13-15(21-17(28-13)14-7-3-2-4-8-14)12-27-16(24)11-23-18(25)20(22-19(23)26)9-5-6-10-20/h2-4,7-8H,5-6,9-12H2,1H3,(H,22,26). The second kappa shape index (κ2) is 7.10. The van der Waals surface area contributed by atoms with Gasteiger partial charge in [0.15, 0.2) is 0 Å². The molecule has 1 saturated carbocycles. The summed E-state index contributed by atoms with van der Waals surface area (Å²) in [7, 11) is 0. The van der Waals surface area contributed by atoms with Gasteiger partial charge in [-0.05, 0) is 31.9 Å². The summed E-state index contributed by atoms with van der Waals surface area (Å²) >= 11 is 0. The molecular formula is C20H21N3O5. The summed E-state index contributed by atoms with van der Waals surface area (Å²) in [5.41, 5.74) is 0.492. The van der Waals surface area contributed by atoms with E-state index in [0.717, 1.165) is 23.3 Å². The summed E-state index contributed by atoms with van der Waals surface area (Å²) in [4.78, 5) is 42.2. The predicted molar refractivity (Wildman–Crippen MR) is 97.9 cm³/mol. The van der Waals surface area contributed by atoms with E-state index in [2.05, 4.69) is 10.3 Å². The molecule has 0 bridgehead atoms. The van der Waals surface area contributed by atoms with Crippen molar-refractivity contribution in [3.05, 3.63) is 41.8 Å². The molecule has 3 amide bonds. The number of nitrogens with zero attached hydrogens (tertiary/aromatic N) is 2. The van der Waals surface area contributed by atoms with Crippen LogP contribution in [0.1, 0.15) is 37.1 Å². The molecule has 2 aliphatic rings. The van der Waals surface area contributed by atoms with Crippen LogP contribution < -0.4 is 5.32 Å². The van der Waals surface area contributed by atoms with E-state index in [1.165, 1.54) is 0 Å². The Kier molecular flexibility index (Phi) is 4.62. The Morgan fingerprint density at radius 3 is 2.68 bits per heavy atom. The van der Waals surface area contributed by atoms with Crippen LogP contribution in [0.5, 0.6) is 0 Å². The lowest BCUT2D eigenvalue weighted by molar-refractivity contribution is -0.149. The number of nitrogens with one attached hydrogen (secondary N) is 1. The normalized spacial score (nSPS) is 18.0. The van der Waals surface area contributed by atoms with Crippen LogP contribution >= 0.6 is 0 Å². The number of benzene rings is 1. The van der Waals surface area contributed by atoms with Gasteiger partial charge in [-0.1, -0.05) is 31.0 Å². The predicted octanol–water partition coefficient (Wildman–Crippen LogP) is 2.56. The summed E-state index contributed by atoms with van der Waals surface area (Å²) in [6.07, 6.45) is 3.01. The Bertz CT molecular complexity index is 915. The van der Waals surface area contributed by atoms with Crippen LogP contribution in [0.2, 0.25) is 0 Å². The number of aromatic nitrogens is 1. The van der Waals surface area contributed by atoms with Gasteiger partial charge in [0, 0.05) is 5.56 Å². The fourth-order valence-electron chi connectivity index (χ4n) is 3.73. The molecule has 0 atom stereocenters. The first-order valence-corrected chi connectivity index (χ1v) is 9.30. The third-order valence-corrected chi connectivity index (χ3v) is 5.27. The minimum absolute atomic E-state index is 0.0875. The lowest BCUT2D eigenvalue weighted by Gasteiger charge is -2.19. The van der Waals surface area contributed by atoms with Crippen molar-refractivity contribution in [3.63, 3.8) is 0 Å². The maximum Gasteiger partial charge on any atom is 0.326 e. The van der Waals surface area contributed by atoms with Crippen LogP contribution in [0.15, 0.2) is 34.7 Å². The molecule has 0 radical (unpaired) electrons. The highest BCUT2D eigenvalue weighted by Crippen LogP contribution is 2.35. The Hall–Kier alpha value is -3.16. The number of amides is 3. The number of imide groups is 1. The number of ether oxygens (including phenoxy) is 1. The summed E-state index contributed by atoms with van der Waals surface area (Å²) in [5, 5.41) is 2.74. The third-order valence-electron chi connectivity index (χ3n) is 5.27. The molecule has 8 heteroatoms. The molecule has 1 aromatic heterocycles. The zero-order chi connectivity index (χ0) is 19.7. The van der Waals surface area contributed by atoms with Gasteiger partial charge >= 0.3 is 12.0 Å². The van der Waals surface area contributed by atoms with Crippen molar-refractivity contribution in [1.29, 1.82) is 0 Å². The van der Waals surface area contributed by atoms with Crippen LogP contribution in [0.4, 0.5) is 4.79 Å². The number of hydrogen-bond acceptors (Lipinski definition) is 6. The van der Waals surface area contributed by atoms with Crippen molar-refractivity contribution in [3.8, 4) is 11.5 Å². The first-order chi connectivity index (χ1) is 13.5. The SMILES string of the molecule is Cc1oc(-c2ccccc2)nc1COC(=O)CN1C(=O)NC2(CCCC2)C1=O. The number of carbonyl (C=O) groups is 3. The molecule has 28 heavy (non-hydrogen) atoms. The number of esters is 1. The van der Waals surface area contributed by atoms with Gasteiger partial charge in [-0.15, -0.1) is 0 Å². The summed E-state index contributed by atoms with van der Waals surface area (Å²) in [6.45, 7) is 1.24. The highest BCUT2D eigenvalue weighted by Gasteiger charge is 2.52. The largest absolute Gasteiger partial charge is 0.458 e. The van der Waals surface area contributed by atoms with Gasteiger partial charge in [-0.2, -0.15) is 0 Å². The number of urea groups is 1. The highest BCUT2D eigenvalue weighted by molar-refractivity contribution is 6.08. The molecule has 2 aromatic rings. The highest BCUT2D eigenvalue weighted by atomic mass is 16.5. The number of rotatable bonds is 5. The van der Waals surface area contributed by atoms with Crippen LogP contribution in [-0.4, -0.2) is 39.9 Å². The Morgan fingerprint density at radius 2 is 1.96 bits per heavy atom. The van der Waals surface area contributed by atoms with Crippen molar-refractivity contribution in [1.82, 2.24) is 15.2 Å². The molecule has 2 fully saturated rings. The van der Waals surface area contributed by atoms with Gasteiger partial charge in [-0.25, -0.2) is 9.78 Å². The van der Waals surface area contributed by atoms with Gasteiger partial charge in [0.2, 0.25) is 5.89 Å². The Balaban J connectivity index is 1.37. The molecule has 1 N–H and O–H groups in total. The van der Waals surface area contributed by atoms with E-state index >= 15 is 0 Å². The molecule has 2 heterocycles. The minimum Gasteiger partial charge on any atom is -0.458 e. The second-order valence-corrected chi connectivity index (χ2v) is 7.16. The molecule has 146 valence electrons. The van der Waals surface area contributed by atoms with Crippen LogP contribution in [0.3, 0.4) is 0 Å². The first kappa shape index (κ1) is 18.2. The molecule has 4 rings (SSSR count). The first-order valence-electron chi connectivity index (χ1n) is 9.30. The Labute approximate surface area is 161 Å². The molecule has 1 aliphatic carbocycles. The van der Waals surface area contributed by atoms with E-state index in [9.17, 15) is 14.4 Å². The summed E-state index contributed by atoms with van der Waals surface area (Å²) < 4.78 is 10.9. The monoisotopic (exact) mass is 383 g/mol. The van der Waals surface area contributed by atoms with Crippen LogP contribution in [-0.2, 0) is 20.9 Å². The van der Waals surface area contributed by atoms with Gasteiger partial charge in [-0.3, -0.25) is 14.5 Å². The number of aryl methyl sites for hydroxylation is 1. The molecular weight excluding hydrogens is 362 g/mol. The summed E-state index contributed by atoms with van der Waals surface area (Å²) in [6, 6.07) is 8.86. The minimum atomic E-state index is -0.829. The molecule has 0 unspecified atom stereocenters. The van der Waals surface area contributed by atoms with E-state index in [0.29, 0.717) is 30.2 Å². The lowest BCUT2D eigenvalue weighted by atomic mass is 9.98. The van der Waals surface area contributed by atoms with Crippen molar-refractivity contribution < 1.29 is 23.5 Å². The third kappa shape index (κ3) is 3.26. The molecule has 8 nitrogen and oxygen atoms in total. The smallest absolute Gasteiger partial charge is 0.326 e. The lowest BCUT2D eigenvalue weighted by Crippen LogP contribution is -2.44. The van der Waals surface area contributed by atoms with E-state index in [1.807, 2.05) is 30.3 Å². The number of hydrogen-bond donors (Lipinski definition) is 1. The Morgan fingerprint density at radius 1 is 1.25 bits per heavy atom. The fourth-order valence-corrected chi connectivity index (χ4v) is 3.73. The number of carbonyl (C=O) groups excluding carboxylic acids is 3. The summed E-state index contributed by atoms with van der Waals surface area (Å²) in [5.74, 6) is -0.00823. The van der Waals surface area contributed by atoms with E-state index in [1.54, 1.807) is 6.92 Å². The number of oxazole rings is 1.